The molecule has 1 N–H and O–H groups in total. The molecule has 0 heterocycles. The minimum absolute atomic E-state index is 0.000972. The lowest BCUT2D eigenvalue weighted by Gasteiger charge is -2.27. The summed E-state index contributed by atoms with van der Waals surface area (Å²) in [6.07, 6.45) is 8.59. The van der Waals surface area contributed by atoms with E-state index >= 15 is 0 Å². The van der Waals surface area contributed by atoms with E-state index in [1.165, 1.54) is 0 Å². The molecule has 0 radical (unpaired) electrons. The molecule has 1 amide bonds. The number of hydrogen-bond donors (Lipinski definition) is 1. The molecule has 17 heavy (non-hydrogen) atoms. The summed E-state index contributed by atoms with van der Waals surface area (Å²) in [6.45, 7) is 1.60. The molecule has 1 fully saturated rings. The molecule has 0 aromatic carbocycles. The van der Waals surface area contributed by atoms with E-state index in [0.29, 0.717) is 12.3 Å². The van der Waals surface area contributed by atoms with E-state index in [1.807, 2.05) is 0 Å². The van der Waals surface area contributed by atoms with Crippen molar-refractivity contribution in [3.05, 3.63) is 12.2 Å². The first-order valence-corrected chi connectivity index (χ1v) is 6.30. The Kier molecular flexibility index (Phi) is 3.50. The van der Waals surface area contributed by atoms with Crippen LogP contribution in [0.5, 0.6) is 0 Å². The van der Waals surface area contributed by atoms with Gasteiger partial charge < -0.3 is 10.0 Å². The lowest BCUT2D eigenvalue weighted by Crippen LogP contribution is -2.45. The Labute approximate surface area is 101 Å². The normalized spacial score (nSPS) is 24.6. The van der Waals surface area contributed by atoms with Crippen molar-refractivity contribution in [2.75, 3.05) is 0 Å². The number of hydrogen-bond acceptors (Lipinski definition) is 2. The van der Waals surface area contributed by atoms with Crippen LogP contribution in [-0.4, -0.2) is 34.0 Å². The predicted octanol–water partition coefficient (Wildman–Crippen LogP) is 1.81. The van der Waals surface area contributed by atoms with Gasteiger partial charge in [0.2, 0.25) is 5.91 Å². The van der Waals surface area contributed by atoms with Crippen molar-refractivity contribution in [2.24, 2.45) is 5.92 Å². The fourth-order valence-corrected chi connectivity index (χ4v) is 2.40. The van der Waals surface area contributed by atoms with Gasteiger partial charge in [0.15, 0.2) is 0 Å². The SMILES string of the molecule is CC(C(=O)O)N(C(=O)CC1C=CCC1)C1CC1. The third-order valence-corrected chi connectivity index (χ3v) is 3.55. The standard InChI is InChI=1S/C13H19NO3/c1-9(13(16)17)14(11-6-7-11)12(15)8-10-4-2-3-5-10/h2,4,9-11H,3,5-8H2,1H3,(H,16,17). The Bertz CT molecular complexity index is 347. The summed E-state index contributed by atoms with van der Waals surface area (Å²) in [5.74, 6) is -0.601. The molecule has 0 aromatic heterocycles. The van der Waals surface area contributed by atoms with Crippen LogP contribution in [0.4, 0.5) is 0 Å². The molecule has 0 aromatic rings. The van der Waals surface area contributed by atoms with Crippen molar-refractivity contribution in [3.63, 3.8) is 0 Å². The van der Waals surface area contributed by atoms with Gasteiger partial charge in [-0.2, -0.15) is 0 Å². The van der Waals surface area contributed by atoms with Gasteiger partial charge in [0, 0.05) is 12.5 Å². The third-order valence-electron chi connectivity index (χ3n) is 3.55. The highest BCUT2D eigenvalue weighted by atomic mass is 16.4. The van der Waals surface area contributed by atoms with Gasteiger partial charge in [-0.25, -0.2) is 4.79 Å². The Hall–Kier alpha value is -1.32. The van der Waals surface area contributed by atoms with Crippen LogP contribution >= 0.6 is 0 Å². The number of nitrogens with zero attached hydrogens (tertiary/aromatic N) is 1. The summed E-state index contributed by atoms with van der Waals surface area (Å²) in [7, 11) is 0. The molecular formula is C13H19NO3. The van der Waals surface area contributed by atoms with Crippen LogP contribution in [0.3, 0.4) is 0 Å². The van der Waals surface area contributed by atoms with E-state index in [9.17, 15) is 9.59 Å². The van der Waals surface area contributed by atoms with Crippen LogP contribution in [0.15, 0.2) is 12.2 Å². The number of rotatable bonds is 5. The second-order valence-electron chi connectivity index (χ2n) is 5.02. The zero-order valence-electron chi connectivity index (χ0n) is 10.1. The van der Waals surface area contributed by atoms with E-state index in [0.717, 1.165) is 25.7 Å². The number of allylic oxidation sites excluding steroid dienone is 2. The smallest absolute Gasteiger partial charge is 0.326 e. The summed E-state index contributed by atoms with van der Waals surface area (Å²) in [6, 6.07) is -0.528. The van der Waals surface area contributed by atoms with Crippen LogP contribution < -0.4 is 0 Å². The van der Waals surface area contributed by atoms with Gasteiger partial charge in [-0.05, 0) is 38.5 Å². The van der Waals surface area contributed by atoms with E-state index in [2.05, 4.69) is 12.2 Å². The van der Waals surface area contributed by atoms with E-state index in [4.69, 9.17) is 5.11 Å². The molecule has 2 aliphatic carbocycles. The second-order valence-corrected chi connectivity index (χ2v) is 5.02. The minimum atomic E-state index is -0.910. The molecule has 4 heteroatoms. The molecule has 2 unspecified atom stereocenters. The Balaban J connectivity index is 1.97. The van der Waals surface area contributed by atoms with Crippen molar-refractivity contribution < 1.29 is 14.7 Å². The van der Waals surface area contributed by atoms with Crippen molar-refractivity contribution in [3.8, 4) is 0 Å². The summed E-state index contributed by atoms with van der Waals surface area (Å²) in [5.41, 5.74) is 0. The maximum Gasteiger partial charge on any atom is 0.326 e. The Morgan fingerprint density at radius 1 is 1.41 bits per heavy atom. The van der Waals surface area contributed by atoms with Gasteiger partial charge in [-0.3, -0.25) is 4.79 Å². The number of carbonyl (C=O) groups excluding carboxylic acids is 1. The van der Waals surface area contributed by atoms with E-state index < -0.39 is 12.0 Å². The predicted molar refractivity (Wildman–Crippen MR) is 63.4 cm³/mol. The van der Waals surface area contributed by atoms with Gasteiger partial charge in [-0.15, -0.1) is 0 Å². The van der Waals surface area contributed by atoms with Gasteiger partial charge >= 0.3 is 5.97 Å². The number of carbonyl (C=O) groups is 2. The van der Waals surface area contributed by atoms with Gasteiger partial charge in [-0.1, -0.05) is 12.2 Å². The highest BCUT2D eigenvalue weighted by Gasteiger charge is 2.38. The Morgan fingerprint density at radius 3 is 2.59 bits per heavy atom. The zero-order valence-corrected chi connectivity index (χ0v) is 10.1. The first kappa shape index (κ1) is 12.1. The fourth-order valence-electron chi connectivity index (χ4n) is 2.40. The van der Waals surface area contributed by atoms with Gasteiger partial charge in [0.25, 0.3) is 0 Å². The molecule has 2 rings (SSSR count). The maximum absolute atomic E-state index is 12.2. The maximum atomic E-state index is 12.2. The highest BCUT2D eigenvalue weighted by molar-refractivity contribution is 5.84. The molecule has 0 aliphatic heterocycles. The molecule has 0 bridgehead atoms. The lowest BCUT2D eigenvalue weighted by atomic mass is 10.0. The second kappa shape index (κ2) is 4.90. The zero-order chi connectivity index (χ0) is 12.4. The summed E-state index contributed by atoms with van der Waals surface area (Å²) < 4.78 is 0. The topological polar surface area (TPSA) is 57.6 Å². The van der Waals surface area contributed by atoms with Crippen molar-refractivity contribution in [1.29, 1.82) is 0 Å². The molecule has 94 valence electrons. The van der Waals surface area contributed by atoms with Crippen LogP contribution in [0.2, 0.25) is 0 Å². The van der Waals surface area contributed by atoms with Crippen molar-refractivity contribution >= 4 is 11.9 Å². The van der Waals surface area contributed by atoms with Gasteiger partial charge in [0.05, 0.1) is 0 Å². The average molecular weight is 237 g/mol. The summed E-state index contributed by atoms with van der Waals surface area (Å²) in [5, 5.41) is 9.03. The van der Waals surface area contributed by atoms with Crippen molar-refractivity contribution in [2.45, 2.75) is 51.1 Å². The van der Waals surface area contributed by atoms with Crippen LogP contribution in [-0.2, 0) is 9.59 Å². The third kappa shape index (κ3) is 2.87. The summed E-state index contributed by atoms with van der Waals surface area (Å²) >= 11 is 0. The van der Waals surface area contributed by atoms with E-state index in [-0.39, 0.29) is 11.9 Å². The Morgan fingerprint density at radius 2 is 2.12 bits per heavy atom. The number of amides is 1. The quantitative estimate of drug-likeness (QED) is 0.742. The molecule has 1 saturated carbocycles. The first-order valence-electron chi connectivity index (χ1n) is 6.30. The van der Waals surface area contributed by atoms with Crippen LogP contribution in [0.25, 0.3) is 0 Å². The monoisotopic (exact) mass is 237 g/mol. The largest absolute Gasteiger partial charge is 0.480 e. The first-order chi connectivity index (χ1) is 8.09. The van der Waals surface area contributed by atoms with E-state index in [1.54, 1.807) is 11.8 Å². The van der Waals surface area contributed by atoms with Gasteiger partial charge in [0.1, 0.15) is 6.04 Å². The fraction of sp³-hybridized carbons (Fsp3) is 0.692. The number of carboxylic acid groups (broad SMARTS) is 1. The molecule has 2 atom stereocenters. The van der Waals surface area contributed by atoms with Crippen LogP contribution in [0.1, 0.15) is 39.0 Å². The molecular weight excluding hydrogens is 218 g/mol. The lowest BCUT2D eigenvalue weighted by molar-refractivity contribution is -0.150. The molecule has 0 spiro atoms. The molecule has 0 saturated heterocycles. The minimum Gasteiger partial charge on any atom is -0.480 e. The number of aliphatic carboxylic acids is 1. The summed E-state index contributed by atoms with van der Waals surface area (Å²) in [4.78, 5) is 24.7. The molecule has 4 nitrogen and oxygen atoms in total. The van der Waals surface area contributed by atoms with Crippen molar-refractivity contribution in [1.82, 2.24) is 4.90 Å². The average Bonchev–Trinajstić information content (AvgIpc) is 2.96. The van der Waals surface area contributed by atoms with Crippen LogP contribution in [0, 0.1) is 5.92 Å². The molecule has 2 aliphatic rings. The number of carboxylic acids is 1. The highest BCUT2D eigenvalue weighted by Crippen LogP contribution is 2.31.